The number of aromatic nitrogens is 3. The van der Waals surface area contributed by atoms with Crippen molar-refractivity contribution in [2.75, 3.05) is 13.1 Å². The van der Waals surface area contributed by atoms with E-state index < -0.39 is 0 Å². The van der Waals surface area contributed by atoms with E-state index in [9.17, 15) is 9.59 Å². The van der Waals surface area contributed by atoms with E-state index in [0.29, 0.717) is 18.5 Å². The summed E-state index contributed by atoms with van der Waals surface area (Å²) >= 11 is 0. The van der Waals surface area contributed by atoms with Crippen LogP contribution in [0.25, 0.3) is 10.9 Å². The van der Waals surface area contributed by atoms with E-state index in [1.807, 2.05) is 59.1 Å². The molecule has 0 saturated carbocycles. The second kappa shape index (κ2) is 8.46. The molecule has 6 heteroatoms. The van der Waals surface area contributed by atoms with Gasteiger partial charge in [-0.25, -0.2) is 0 Å². The van der Waals surface area contributed by atoms with Gasteiger partial charge in [0.1, 0.15) is 5.56 Å². The number of likely N-dealkylation sites (tertiary alicyclic amines) is 1. The van der Waals surface area contributed by atoms with Gasteiger partial charge in [-0.05, 0) is 36.1 Å². The first-order valence-electron chi connectivity index (χ1n) is 11.1. The number of para-hydroxylation sites is 1. The Balaban J connectivity index is 1.40. The van der Waals surface area contributed by atoms with Crippen LogP contribution in [0.4, 0.5) is 0 Å². The minimum atomic E-state index is -0.197. The van der Waals surface area contributed by atoms with Gasteiger partial charge in [-0.2, -0.15) is 5.10 Å². The maximum absolute atomic E-state index is 13.4. The average Bonchev–Trinajstić information content (AvgIpc) is 3.30. The van der Waals surface area contributed by atoms with E-state index in [0.717, 1.165) is 36.0 Å². The standard InChI is InChI=1S/C26H26N4O2/c1-29-17-22(25(31)21-11-5-6-12-23(21)29)26(32)30-13-7-10-19(16-30)24-20(15-27-28-24)14-18-8-3-2-4-9-18/h2-6,8-9,11-12,15,17,19H,7,10,13-14,16H2,1H3,(H,27,28). The van der Waals surface area contributed by atoms with E-state index in [4.69, 9.17) is 0 Å². The van der Waals surface area contributed by atoms with Crippen molar-refractivity contribution in [1.29, 1.82) is 0 Å². The molecule has 0 aliphatic carbocycles. The molecule has 2 aromatic heterocycles. The highest BCUT2D eigenvalue weighted by atomic mass is 16.2. The van der Waals surface area contributed by atoms with Crippen LogP contribution < -0.4 is 5.43 Å². The molecular weight excluding hydrogens is 400 g/mol. The molecule has 3 heterocycles. The molecule has 1 aliphatic heterocycles. The Morgan fingerprint density at radius 1 is 1.12 bits per heavy atom. The van der Waals surface area contributed by atoms with Gasteiger partial charge in [-0.15, -0.1) is 0 Å². The molecule has 0 spiro atoms. The molecule has 1 fully saturated rings. The molecule has 1 N–H and O–H groups in total. The smallest absolute Gasteiger partial charge is 0.259 e. The van der Waals surface area contributed by atoms with Gasteiger partial charge in [0.15, 0.2) is 0 Å². The summed E-state index contributed by atoms with van der Waals surface area (Å²) in [7, 11) is 1.87. The Morgan fingerprint density at radius 3 is 2.75 bits per heavy atom. The number of piperidine rings is 1. The molecule has 0 radical (unpaired) electrons. The SMILES string of the molecule is Cn1cc(C(=O)N2CCCC(c3[nH]ncc3Cc3ccccc3)C2)c(=O)c2ccccc21. The van der Waals surface area contributed by atoms with Crippen molar-refractivity contribution >= 4 is 16.8 Å². The van der Waals surface area contributed by atoms with Gasteiger partial charge < -0.3 is 9.47 Å². The van der Waals surface area contributed by atoms with Gasteiger partial charge in [0.25, 0.3) is 5.91 Å². The molecule has 0 bridgehead atoms. The number of amides is 1. The van der Waals surface area contributed by atoms with E-state index in [1.165, 1.54) is 5.56 Å². The van der Waals surface area contributed by atoms with Crippen molar-refractivity contribution in [2.24, 2.45) is 7.05 Å². The van der Waals surface area contributed by atoms with Crippen LogP contribution in [0.1, 0.15) is 45.9 Å². The zero-order valence-electron chi connectivity index (χ0n) is 18.1. The molecule has 162 valence electrons. The summed E-state index contributed by atoms with van der Waals surface area (Å²) in [6.45, 7) is 1.24. The summed E-state index contributed by atoms with van der Waals surface area (Å²) in [4.78, 5) is 28.3. The summed E-state index contributed by atoms with van der Waals surface area (Å²) in [5.74, 6) is -0.0107. The number of hydrogen-bond acceptors (Lipinski definition) is 3. The largest absolute Gasteiger partial charge is 0.350 e. The number of nitrogens with zero attached hydrogens (tertiary/aromatic N) is 3. The first kappa shape index (κ1) is 20.2. The minimum Gasteiger partial charge on any atom is -0.350 e. The maximum Gasteiger partial charge on any atom is 0.259 e. The first-order valence-corrected chi connectivity index (χ1v) is 11.1. The van der Waals surface area contributed by atoms with E-state index in [1.54, 1.807) is 12.3 Å². The summed E-state index contributed by atoms with van der Waals surface area (Å²) in [5.41, 5.74) is 4.36. The second-order valence-corrected chi connectivity index (χ2v) is 8.56. The number of carbonyl (C=O) groups excluding carboxylic acids is 1. The number of carbonyl (C=O) groups is 1. The van der Waals surface area contributed by atoms with Gasteiger partial charge in [-0.1, -0.05) is 42.5 Å². The van der Waals surface area contributed by atoms with Gasteiger partial charge >= 0.3 is 0 Å². The Hall–Kier alpha value is -3.67. The average molecular weight is 427 g/mol. The minimum absolute atomic E-state index is 0.179. The second-order valence-electron chi connectivity index (χ2n) is 8.56. The van der Waals surface area contributed by atoms with Gasteiger partial charge in [0.2, 0.25) is 5.43 Å². The van der Waals surface area contributed by atoms with Crippen LogP contribution in [-0.2, 0) is 13.5 Å². The highest BCUT2D eigenvalue weighted by Crippen LogP contribution is 2.29. The van der Waals surface area contributed by atoms with Crippen LogP contribution in [-0.4, -0.2) is 38.7 Å². The Morgan fingerprint density at radius 2 is 1.91 bits per heavy atom. The molecule has 32 heavy (non-hydrogen) atoms. The fourth-order valence-corrected chi connectivity index (χ4v) is 4.79. The summed E-state index contributed by atoms with van der Waals surface area (Å²) in [6.07, 6.45) is 6.26. The van der Waals surface area contributed by atoms with E-state index >= 15 is 0 Å². The van der Waals surface area contributed by atoms with Crippen molar-refractivity contribution in [2.45, 2.75) is 25.2 Å². The van der Waals surface area contributed by atoms with Crippen molar-refractivity contribution in [3.05, 3.63) is 99.6 Å². The lowest BCUT2D eigenvalue weighted by Gasteiger charge is -2.32. The number of nitrogens with one attached hydrogen (secondary N) is 1. The number of fused-ring (bicyclic) bond motifs is 1. The number of rotatable bonds is 4. The topological polar surface area (TPSA) is 71.0 Å². The zero-order valence-corrected chi connectivity index (χ0v) is 18.1. The molecule has 1 amide bonds. The van der Waals surface area contributed by atoms with Crippen LogP contribution in [0.15, 0.2) is 71.8 Å². The van der Waals surface area contributed by atoms with Gasteiger partial charge in [0.05, 0.1) is 11.7 Å². The predicted molar refractivity (Wildman–Crippen MR) is 125 cm³/mol. The third-order valence-corrected chi connectivity index (χ3v) is 6.43. The number of H-pyrrole nitrogens is 1. The highest BCUT2D eigenvalue weighted by molar-refractivity contribution is 5.97. The molecule has 1 aliphatic rings. The van der Waals surface area contributed by atoms with Crippen LogP contribution in [0.5, 0.6) is 0 Å². The third-order valence-electron chi connectivity index (χ3n) is 6.43. The Labute approximate surface area is 186 Å². The monoisotopic (exact) mass is 426 g/mol. The molecule has 5 rings (SSSR count). The molecule has 1 atom stereocenters. The van der Waals surface area contributed by atoms with Crippen LogP contribution in [0.3, 0.4) is 0 Å². The summed E-state index contributed by atoms with van der Waals surface area (Å²) in [5, 5.41) is 8.06. The molecule has 6 nitrogen and oxygen atoms in total. The number of aryl methyl sites for hydroxylation is 1. The fraction of sp³-hybridized carbons (Fsp3) is 0.269. The van der Waals surface area contributed by atoms with Crippen molar-refractivity contribution in [3.8, 4) is 0 Å². The normalized spacial score (nSPS) is 16.4. The highest BCUT2D eigenvalue weighted by Gasteiger charge is 2.29. The van der Waals surface area contributed by atoms with Crippen LogP contribution in [0.2, 0.25) is 0 Å². The molecular formula is C26H26N4O2. The summed E-state index contributed by atoms with van der Waals surface area (Å²) < 4.78 is 1.86. The van der Waals surface area contributed by atoms with Gasteiger partial charge in [0, 0.05) is 49.8 Å². The van der Waals surface area contributed by atoms with Crippen LogP contribution >= 0.6 is 0 Å². The lowest BCUT2D eigenvalue weighted by molar-refractivity contribution is 0.0703. The first-order chi connectivity index (χ1) is 15.6. The molecule has 1 saturated heterocycles. The predicted octanol–water partition coefficient (Wildman–Crippen LogP) is 3.87. The third kappa shape index (κ3) is 3.73. The Bertz CT molecular complexity index is 1320. The number of aromatic amines is 1. The van der Waals surface area contributed by atoms with Crippen molar-refractivity contribution in [3.63, 3.8) is 0 Å². The maximum atomic E-state index is 13.4. The quantitative estimate of drug-likeness (QED) is 0.538. The van der Waals surface area contributed by atoms with Gasteiger partial charge in [-0.3, -0.25) is 14.7 Å². The molecule has 1 unspecified atom stereocenters. The number of hydrogen-bond donors (Lipinski definition) is 1. The van der Waals surface area contributed by atoms with E-state index in [2.05, 4.69) is 22.3 Å². The fourth-order valence-electron chi connectivity index (χ4n) is 4.79. The van der Waals surface area contributed by atoms with E-state index in [-0.39, 0.29) is 22.8 Å². The van der Waals surface area contributed by atoms with Crippen molar-refractivity contribution < 1.29 is 4.79 Å². The lowest BCUT2D eigenvalue weighted by atomic mass is 9.90. The zero-order chi connectivity index (χ0) is 22.1. The molecule has 2 aromatic carbocycles. The number of pyridine rings is 1. The number of benzene rings is 2. The summed E-state index contributed by atoms with van der Waals surface area (Å²) in [6, 6.07) is 17.7. The lowest BCUT2D eigenvalue weighted by Crippen LogP contribution is -2.41. The van der Waals surface area contributed by atoms with Crippen LogP contribution in [0, 0.1) is 0 Å². The van der Waals surface area contributed by atoms with Crippen molar-refractivity contribution in [1.82, 2.24) is 19.7 Å². The molecule has 4 aromatic rings. The Kier molecular flexibility index (Phi) is 5.35.